The summed E-state index contributed by atoms with van der Waals surface area (Å²) in [4.78, 5) is 23.2. The van der Waals surface area contributed by atoms with Crippen molar-refractivity contribution in [3.05, 3.63) is 88.0 Å². The summed E-state index contributed by atoms with van der Waals surface area (Å²) in [6.45, 7) is 8.16. The Kier molecular flexibility index (Phi) is 5.73. The van der Waals surface area contributed by atoms with Gasteiger partial charge in [0, 0.05) is 17.4 Å². The first-order chi connectivity index (χ1) is 13.7. The number of phenols is 1. The quantitative estimate of drug-likeness (QED) is 0.556. The summed E-state index contributed by atoms with van der Waals surface area (Å²) >= 11 is 0. The molecule has 0 saturated carbocycles. The van der Waals surface area contributed by atoms with E-state index in [1.165, 1.54) is 0 Å². The molecule has 0 heterocycles. The number of carbonyl (C=O) groups is 2. The Balaban J connectivity index is 1.74. The van der Waals surface area contributed by atoms with E-state index in [0.717, 1.165) is 28.6 Å². The summed E-state index contributed by atoms with van der Waals surface area (Å²) in [6, 6.07) is 12.1. The largest absolute Gasteiger partial charge is 0.508 e. The van der Waals surface area contributed by atoms with Gasteiger partial charge in [-0.2, -0.15) is 0 Å². The maximum atomic E-state index is 12.4. The first-order valence-corrected chi connectivity index (χ1v) is 9.67. The van der Waals surface area contributed by atoms with Gasteiger partial charge in [0.25, 0.3) is 0 Å². The molecule has 1 unspecified atom stereocenters. The van der Waals surface area contributed by atoms with Crippen LogP contribution < -0.4 is 0 Å². The van der Waals surface area contributed by atoms with Crippen LogP contribution in [0.1, 0.15) is 59.0 Å². The van der Waals surface area contributed by atoms with Crippen molar-refractivity contribution >= 4 is 12.3 Å². The van der Waals surface area contributed by atoms with Crippen LogP contribution in [0.3, 0.4) is 0 Å². The van der Waals surface area contributed by atoms with Gasteiger partial charge in [-0.15, -0.1) is 0 Å². The second-order valence-corrected chi connectivity index (χ2v) is 8.04. The monoisotopic (exact) mass is 390 g/mol. The number of aryl methyl sites for hydroxylation is 1. The zero-order valence-electron chi connectivity index (χ0n) is 17.2. The Labute approximate surface area is 171 Å². The van der Waals surface area contributed by atoms with Crippen LogP contribution in [-0.2, 0) is 10.2 Å². The summed E-state index contributed by atoms with van der Waals surface area (Å²) in [7, 11) is 0. The fourth-order valence-corrected chi connectivity index (χ4v) is 3.50. The molecule has 0 saturated heterocycles. The molecule has 4 nitrogen and oxygen atoms in total. The average Bonchev–Trinajstić information content (AvgIpc) is 2.71. The van der Waals surface area contributed by atoms with Crippen molar-refractivity contribution in [3.8, 4) is 5.75 Å². The third-order valence-corrected chi connectivity index (χ3v) is 5.61. The molecule has 1 aliphatic rings. The molecule has 150 valence electrons. The van der Waals surface area contributed by atoms with E-state index < -0.39 is 5.97 Å². The van der Waals surface area contributed by atoms with Crippen LogP contribution in [0.25, 0.3) is 0 Å². The van der Waals surface area contributed by atoms with E-state index in [2.05, 4.69) is 26.0 Å². The van der Waals surface area contributed by atoms with Gasteiger partial charge in [0.1, 0.15) is 18.1 Å². The molecule has 2 aromatic carbocycles. The Morgan fingerprint density at radius 2 is 1.83 bits per heavy atom. The lowest BCUT2D eigenvalue weighted by atomic mass is 9.74. The fraction of sp³-hybridized carbons (Fsp3) is 0.280. The minimum Gasteiger partial charge on any atom is -0.508 e. The second kappa shape index (κ2) is 8.08. The third-order valence-electron chi connectivity index (χ3n) is 5.61. The van der Waals surface area contributed by atoms with E-state index in [1.807, 2.05) is 26.0 Å². The van der Waals surface area contributed by atoms with Crippen molar-refractivity contribution in [1.29, 1.82) is 0 Å². The zero-order valence-corrected chi connectivity index (χ0v) is 17.2. The van der Waals surface area contributed by atoms with Gasteiger partial charge < -0.3 is 9.84 Å². The Bertz CT molecular complexity index is 994. The van der Waals surface area contributed by atoms with Gasteiger partial charge in [-0.1, -0.05) is 50.3 Å². The van der Waals surface area contributed by atoms with Gasteiger partial charge in [0.05, 0.1) is 5.56 Å². The molecular weight excluding hydrogens is 364 g/mol. The lowest BCUT2D eigenvalue weighted by Crippen LogP contribution is -2.26. The number of esters is 1. The number of carbonyl (C=O) groups excluding carboxylic acids is 2. The SMILES string of the molecule is CC1=CC(C(C)(C)c2ccc(O)c(C)c2)=CCC1OC(=O)c1ccc(C=O)cc1. The maximum Gasteiger partial charge on any atom is 0.338 e. The van der Waals surface area contributed by atoms with Crippen LogP contribution in [0.15, 0.2) is 65.8 Å². The second-order valence-electron chi connectivity index (χ2n) is 8.04. The van der Waals surface area contributed by atoms with Gasteiger partial charge in [0.15, 0.2) is 0 Å². The van der Waals surface area contributed by atoms with E-state index in [0.29, 0.717) is 23.3 Å². The molecule has 0 spiro atoms. The first-order valence-electron chi connectivity index (χ1n) is 9.67. The van der Waals surface area contributed by atoms with Crippen molar-refractivity contribution in [3.63, 3.8) is 0 Å². The summed E-state index contributed by atoms with van der Waals surface area (Å²) in [5, 5.41) is 9.81. The van der Waals surface area contributed by atoms with Crippen molar-refractivity contribution < 1.29 is 19.4 Å². The van der Waals surface area contributed by atoms with Crippen molar-refractivity contribution in [2.75, 3.05) is 0 Å². The number of rotatable bonds is 5. The minimum absolute atomic E-state index is 0.237. The molecular formula is C25H26O4. The van der Waals surface area contributed by atoms with Crippen molar-refractivity contribution in [1.82, 2.24) is 0 Å². The van der Waals surface area contributed by atoms with Crippen LogP contribution in [0, 0.1) is 6.92 Å². The van der Waals surface area contributed by atoms with Gasteiger partial charge >= 0.3 is 5.97 Å². The number of benzene rings is 2. The molecule has 1 aliphatic carbocycles. The molecule has 1 N–H and O–H groups in total. The number of ether oxygens (including phenoxy) is 1. The highest BCUT2D eigenvalue weighted by molar-refractivity contribution is 5.90. The highest BCUT2D eigenvalue weighted by atomic mass is 16.5. The number of aromatic hydroxyl groups is 1. The highest BCUT2D eigenvalue weighted by Gasteiger charge is 2.29. The van der Waals surface area contributed by atoms with E-state index in [-0.39, 0.29) is 11.5 Å². The normalized spacial score (nSPS) is 16.6. The van der Waals surface area contributed by atoms with Crippen LogP contribution in [0.4, 0.5) is 0 Å². The molecule has 0 bridgehead atoms. The highest BCUT2D eigenvalue weighted by Crippen LogP contribution is 2.37. The van der Waals surface area contributed by atoms with E-state index in [1.54, 1.807) is 30.3 Å². The maximum absolute atomic E-state index is 12.4. The molecule has 0 aliphatic heterocycles. The first kappa shape index (κ1) is 20.6. The Morgan fingerprint density at radius 3 is 2.41 bits per heavy atom. The van der Waals surface area contributed by atoms with E-state index in [9.17, 15) is 14.7 Å². The molecule has 0 radical (unpaired) electrons. The summed E-state index contributed by atoms with van der Waals surface area (Å²) in [5.41, 5.74) is 4.83. The van der Waals surface area contributed by atoms with Gasteiger partial charge in [-0.3, -0.25) is 4.79 Å². The number of allylic oxidation sites excluding steroid dienone is 2. The summed E-state index contributed by atoms with van der Waals surface area (Å²) in [6.07, 6.45) is 5.24. The van der Waals surface area contributed by atoms with Crippen molar-refractivity contribution in [2.24, 2.45) is 0 Å². The standard InChI is InChI=1S/C25H26O4/c1-16-13-20(9-11-22(16)27)25(3,4)21-10-12-23(17(2)14-21)29-24(28)19-7-5-18(15-26)6-8-19/h5-11,13-15,23,27H,12H2,1-4H3. The molecule has 2 aromatic rings. The molecule has 0 amide bonds. The molecule has 3 rings (SSSR count). The van der Waals surface area contributed by atoms with Crippen molar-refractivity contribution in [2.45, 2.75) is 45.6 Å². The van der Waals surface area contributed by atoms with E-state index >= 15 is 0 Å². The fourth-order valence-electron chi connectivity index (χ4n) is 3.50. The molecule has 29 heavy (non-hydrogen) atoms. The van der Waals surface area contributed by atoms with Crippen LogP contribution in [-0.4, -0.2) is 23.5 Å². The predicted molar refractivity (Wildman–Crippen MR) is 113 cm³/mol. The number of hydrogen-bond acceptors (Lipinski definition) is 4. The average molecular weight is 390 g/mol. The lowest BCUT2D eigenvalue weighted by Gasteiger charge is -2.32. The number of hydrogen-bond donors (Lipinski definition) is 1. The summed E-state index contributed by atoms with van der Waals surface area (Å²) < 4.78 is 5.69. The van der Waals surface area contributed by atoms with Crippen LogP contribution in [0.5, 0.6) is 5.75 Å². The molecule has 4 heteroatoms. The van der Waals surface area contributed by atoms with Gasteiger partial charge in [-0.25, -0.2) is 4.79 Å². The number of aldehydes is 1. The Hall–Kier alpha value is -3.14. The van der Waals surface area contributed by atoms with Crippen LogP contribution in [0.2, 0.25) is 0 Å². The zero-order chi connectivity index (χ0) is 21.2. The third kappa shape index (κ3) is 4.32. The van der Waals surface area contributed by atoms with E-state index in [4.69, 9.17) is 4.74 Å². The topological polar surface area (TPSA) is 63.6 Å². The predicted octanol–water partition coefficient (Wildman–Crippen LogP) is 5.29. The molecule has 0 fully saturated rings. The lowest BCUT2D eigenvalue weighted by molar-refractivity contribution is 0.0376. The minimum atomic E-state index is -0.398. The smallest absolute Gasteiger partial charge is 0.338 e. The molecule has 1 atom stereocenters. The molecule has 0 aromatic heterocycles. The van der Waals surface area contributed by atoms with Gasteiger partial charge in [-0.05, 0) is 54.3 Å². The van der Waals surface area contributed by atoms with Gasteiger partial charge in [0.2, 0.25) is 0 Å². The number of phenolic OH excluding ortho intramolecular Hbond substituents is 1. The summed E-state index contributed by atoms with van der Waals surface area (Å²) in [5.74, 6) is -0.104. The van der Waals surface area contributed by atoms with Crippen LogP contribution >= 0.6 is 0 Å². The Morgan fingerprint density at radius 1 is 1.14 bits per heavy atom.